The molecule has 0 bridgehead atoms. The Kier molecular flexibility index (Phi) is 6.19. The van der Waals surface area contributed by atoms with E-state index in [2.05, 4.69) is 13.8 Å². The van der Waals surface area contributed by atoms with Crippen LogP contribution in [-0.4, -0.2) is 45.4 Å². The van der Waals surface area contributed by atoms with E-state index < -0.39 is 0 Å². The molecular weight excluding hydrogens is 352 g/mol. The van der Waals surface area contributed by atoms with Crippen molar-refractivity contribution in [2.45, 2.75) is 26.7 Å². The van der Waals surface area contributed by atoms with Gasteiger partial charge in [0.05, 0.1) is 18.5 Å². The first-order valence-electron chi connectivity index (χ1n) is 9.74. The van der Waals surface area contributed by atoms with E-state index in [1.165, 1.54) is 0 Å². The van der Waals surface area contributed by atoms with Crippen molar-refractivity contribution < 1.29 is 9.53 Å². The molecule has 3 rings (SSSR count). The molecule has 0 saturated carbocycles. The Labute approximate surface area is 166 Å². The zero-order chi connectivity index (χ0) is 20.1. The second kappa shape index (κ2) is 8.78. The van der Waals surface area contributed by atoms with Crippen LogP contribution in [0.4, 0.5) is 0 Å². The summed E-state index contributed by atoms with van der Waals surface area (Å²) in [5, 5.41) is 4.77. The molecule has 0 aliphatic heterocycles. The molecule has 2 heterocycles. The smallest absolute Gasteiger partial charge is 0.272 e. The van der Waals surface area contributed by atoms with Gasteiger partial charge in [0.25, 0.3) is 5.91 Å². The number of hydrogen-bond acceptors (Lipinski definition) is 3. The predicted octanol–water partition coefficient (Wildman–Crippen LogP) is 4.15. The molecule has 1 amide bonds. The van der Waals surface area contributed by atoms with Crippen molar-refractivity contribution in [1.82, 2.24) is 19.2 Å². The lowest BCUT2D eigenvalue weighted by molar-refractivity contribution is 0.0746. The van der Waals surface area contributed by atoms with Crippen molar-refractivity contribution in [3.63, 3.8) is 0 Å². The highest BCUT2D eigenvalue weighted by molar-refractivity contribution is 5.94. The lowest BCUT2D eigenvalue weighted by Gasteiger charge is -2.21. The first kappa shape index (κ1) is 19.7. The van der Waals surface area contributed by atoms with Gasteiger partial charge < -0.3 is 14.2 Å². The van der Waals surface area contributed by atoms with Gasteiger partial charge in [-0.25, -0.2) is 4.68 Å². The van der Waals surface area contributed by atoms with E-state index in [1.54, 1.807) is 11.8 Å². The van der Waals surface area contributed by atoms with Gasteiger partial charge in [-0.2, -0.15) is 5.10 Å². The van der Waals surface area contributed by atoms with Gasteiger partial charge in [0, 0.05) is 26.3 Å². The first-order chi connectivity index (χ1) is 13.6. The summed E-state index contributed by atoms with van der Waals surface area (Å²) in [5.41, 5.74) is 3.15. The van der Waals surface area contributed by atoms with E-state index in [0.29, 0.717) is 5.69 Å². The molecule has 0 spiro atoms. The number of hydrogen-bond donors (Lipinski definition) is 0. The maximum absolute atomic E-state index is 13.3. The number of aromatic nitrogens is 3. The third-order valence-corrected chi connectivity index (χ3v) is 4.73. The van der Waals surface area contributed by atoms with Crippen LogP contribution in [0, 0.1) is 0 Å². The van der Waals surface area contributed by atoms with Gasteiger partial charge >= 0.3 is 0 Å². The average Bonchev–Trinajstić information content (AvgIpc) is 3.33. The van der Waals surface area contributed by atoms with E-state index in [9.17, 15) is 4.79 Å². The van der Waals surface area contributed by atoms with Crippen molar-refractivity contribution in [1.29, 1.82) is 0 Å². The largest absolute Gasteiger partial charge is 0.497 e. The third-order valence-electron chi connectivity index (χ3n) is 4.73. The molecule has 0 aliphatic rings. The van der Waals surface area contributed by atoms with Gasteiger partial charge in [0.2, 0.25) is 0 Å². The van der Waals surface area contributed by atoms with Crippen LogP contribution in [0.2, 0.25) is 0 Å². The van der Waals surface area contributed by atoms with Crippen LogP contribution in [0.3, 0.4) is 0 Å². The molecule has 0 unspecified atom stereocenters. The molecule has 0 aliphatic carbocycles. The van der Waals surface area contributed by atoms with Crippen molar-refractivity contribution >= 4 is 5.91 Å². The maximum Gasteiger partial charge on any atom is 0.272 e. The van der Waals surface area contributed by atoms with E-state index >= 15 is 0 Å². The van der Waals surface area contributed by atoms with Gasteiger partial charge in [-0.3, -0.25) is 4.79 Å². The minimum absolute atomic E-state index is 0.00692. The fourth-order valence-corrected chi connectivity index (χ4v) is 3.32. The Morgan fingerprint density at radius 2 is 1.79 bits per heavy atom. The van der Waals surface area contributed by atoms with Crippen LogP contribution < -0.4 is 4.74 Å². The second-order valence-electron chi connectivity index (χ2n) is 6.82. The molecule has 3 aromatic rings. The van der Waals surface area contributed by atoms with Gasteiger partial charge in [-0.05, 0) is 55.3 Å². The molecule has 148 valence electrons. The molecule has 0 atom stereocenters. The molecule has 0 fully saturated rings. The van der Waals surface area contributed by atoms with Crippen LogP contribution in [0.15, 0.2) is 48.7 Å². The van der Waals surface area contributed by atoms with Crippen molar-refractivity contribution in [2.75, 3.05) is 20.2 Å². The number of amides is 1. The molecule has 0 saturated heterocycles. The number of nitrogens with zero attached hydrogens (tertiary/aromatic N) is 4. The summed E-state index contributed by atoms with van der Waals surface area (Å²) >= 11 is 0. The number of carbonyl (C=O) groups excluding carboxylic acids is 1. The highest BCUT2D eigenvalue weighted by Gasteiger charge is 2.22. The topological polar surface area (TPSA) is 52.3 Å². The normalized spacial score (nSPS) is 10.9. The van der Waals surface area contributed by atoms with Crippen LogP contribution in [0.25, 0.3) is 17.1 Å². The Bertz CT molecular complexity index is 918. The van der Waals surface area contributed by atoms with Crippen LogP contribution in [-0.2, 0) is 7.05 Å². The zero-order valence-electron chi connectivity index (χ0n) is 17.1. The van der Waals surface area contributed by atoms with Gasteiger partial charge in [0.15, 0.2) is 0 Å². The van der Waals surface area contributed by atoms with E-state index in [-0.39, 0.29) is 5.91 Å². The number of benzene rings is 1. The van der Waals surface area contributed by atoms with E-state index in [1.807, 2.05) is 65.2 Å². The van der Waals surface area contributed by atoms with Crippen molar-refractivity contribution in [2.24, 2.45) is 7.05 Å². The van der Waals surface area contributed by atoms with E-state index in [4.69, 9.17) is 9.84 Å². The fraction of sp³-hybridized carbons (Fsp3) is 0.364. The molecule has 0 radical (unpaired) electrons. The highest BCUT2D eigenvalue weighted by Crippen LogP contribution is 2.24. The van der Waals surface area contributed by atoms with Crippen LogP contribution >= 0.6 is 0 Å². The third kappa shape index (κ3) is 3.96. The summed E-state index contributed by atoms with van der Waals surface area (Å²) in [7, 11) is 3.61. The van der Waals surface area contributed by atoms with Gasteiger partial charge in [0.1, 0.15) is 17.1 Å². The van der Waals surface area contributed by atoms with Gasteiger partial charge in [-0.15, -0.1) is 0 Å². The lowest BCUT2D eigenvalue weighted by atomic mass is 10.2. The maximum atomic E-state index is 13.3. The summed E-state index contributed by atoms with van der Waals surface area (Å²) < 4.78 is 9.00. The number of ether oxygens (including phenoxy) is 1. The fourth-order valence-electron chi connectivity index (χ4n) is 3.32. The Morgan fingerprint density at radius 3 is 2.32 bits per heavy atom. The Morgan fingerprint density at radius 1 is 1.11 bits per heavy atom. The van der Waals surface area contributed by atoms with E-state index in [0.717, 1.165) is 48.8 Å². The summed E-state index contributed by atoms with van der Waals surface area (Å²) in [5.74, 6) is 0.775. The highest BCUT2D eigenvalue weighted by atomic mass is 16.5. The van der Waals surface area contributed by atoms with Gasteiger partial charge in [-0.1, -0.05) is 13.8 Å². The lowest BCUT2D eigenvalue weighted by Crippen LogP contribution is -2.33. The first-order valence-corrected chi connectivity index (χ1v) is 9.74. The number of carbonyl (C=O) groups is 1. The van der Waals surface area contributed by atoms with Crippen LogP contribution in [0.5, 0.6) is 5.75 Å². The Hall–Kier alpha value is -3.02. The standard InChI is InChI=1S/C22H28N4O2/c1-5-13-25(14-6-2)22(27)21-16-19(20-8-7-15-24(20)3)23-26(21)17-9-11-18(28-4)12-10-17/h7-12,15-16H,5-6,13-14H2,1-4H3. The molecule has 6 nitrogen and oxygen atoms in total. The molecule has 0 N–H and O–H groups in total. The molecule has 1 aromatic carbocycles. The summed E-state index contributed by atoms with van der Waals surface area (Å²) in [4.78, 5) is 15.3. The van der Waals surface area contributed by atoms with Crippen molar-refractivity contribution in [3.05, 3.63) is 54.4 Å². The summed E-state index contributed by atoms with van der Waals surface area (Å²) in [6, 6.07) is 13.5. The number of rotatable bonds is 8. The number of methoxy groups -OCH3 is 1. The molecule has 28 heavy (non-hydrogen) atoms. The Balaban J connectivity index is 2.08. The summed E-state index contributed by atoms with van der Waals surface area (Å²) in [6.07, 6.45) is 3.82. The molecular formula is C22H28N4O2. The quantitative estimate of drug-likeness (QED) is 0.590. The molecule has 2 aromatic heterocycles. The van der Waals surface area contributed by atoms with Crippen LogP contribution in [0.1, 0.15) is 37.2 Å². The zero-order valence-corrected chi connectivity index (χ0v) is 17.1. The second-order valence-corrected chi connectivity index (χ2v) is 6.82. The SMILES string of the molecule is CCCN(CCC)C(=O)c1cc(-c2cccn2C)nn1-c1ccc(OC)cc1. The minimum atomic E-state index is 0.00692. The average molecular weight is 380 g/mol. The monoisotopic (exact) mass is 380 g/mol. The summed E-state index contributed by atoms with van der Waals surface area (Å²) in [6.45, 7) is 5.65. The number of aryl methyl sites for hydroxylation is 1. The predicted molar refractivity (Wildman–Crippen MR) is 111 cm³/mol. The molecule has 6 heteroatoms. The van der Waals surface area contributed by atoms with Crippen molar-refractivity contribution in [3.8, 4) is 22.8 Å². The minimum Gasteiger partial charge on any atom is -0.497 e.